The standard InChI is InChI=1S/C58H118O9/c1-9-17-25-31-35-41-49-62-57(47-39-29-21-13-5,63-50-42-36-32-26-18-10-2)66-55(45-23-15-7)60-53-59-54-61-56(46-24-16-8)67-58(48-40-30-22-14-6,64-51-43-37-33-27-19-11-3)65-52-44-38-34-28-20-12-4/h55-56H,9-54H2,1-8H3. The molecule has 9 nitrogen and oxygen atoms in total. The Morgan fingerprint density at radius 1 is 0.269 bits per heavy atom. The van der Waals surface area contributed by atoms with Crippen molar-refractivity contribution >= 4 is 0 Å². The Bertz CT molecular complexity index is 830. The van der Waals surface area contributed by atoms with Crippen molar-refractivity contribution in [3.8, 4) is 0 Å². The first-order valence-corrected chi connectivity index (χ1v) is 29.7. The Morgan fingerprint density at radius 2 is 0.507 bits per heavy atom. The van der Waals surface area contributed by atoms with E-state index >= 15 is 0 Å². The number of ether oxygens (including phenoxy) is 9. The van der Waals surface area contributed by atoms with Gasteiger partial charge in [-0.25, -0.2) is 0 Å². The van der Waals surface area contributed by atoms with Crippen LogP contribution < -0.4 is 0 Å². The van der Waals surface area contributed by atoms with Crippen molar-refractivity contribution in [1.82, 2.24) is 0 Å². The summed E-state index contributed by atoms with van der Waals surface area (Å²) in [5, 5.41) is 0. The Kier molecular flexibility index (Phi) is 51.7. The van der Waals surface area contributed by atoms with E-state index in [1.54, 1.807) is 0 Å². The van der Waals surface area contributed by atoms with Gasteiger partial charge in [0.05, 0.1) is 26.4 Å². The quantitative estimate of drug-likeness (QED) is 0.0437. The molecular weight excluding hydrogens is 841 g/mol. The van der Waals surface area contributed by atoms with Gasteiger partial charge in [0, 0.05) is 12.8 Å². The molecule has 0 aliphatic heterocycles. The molecule has 0 bridgehead atoms. The lowest BCUT2D eigenvalue weighted by Gasteiger charge is -2.37. The monoisotopic (exact) mass is 959 g/mol. The van der Waals surface area contributed by atoms with Crippen molar-refractivity contribution in [3.63, 3.8) is 0 Å². The Labute approximate surface area is 418 Å². The normalized spacial score (nSPS) is 13.3. The minimum atomic E-state index is -1.14. The summed E-state index contributed by atoms with van der Waals surface area (Å²) in [6, 6.07) is 0. The van der Waals surface area contributed by atoms with Gasteiger partial charge in [-0.05, 0) is 64.2 Å². The predicted molar refractivity (Wildman–Crippen MR) is 282 cm³/mol. The van der Waals surface area contributed by atoms with Crippen LogP contribution in [0.4, 0.5) is 0 Å². The first kappa shape index (κ1) is 66.6. The Balaban J connectivity index is 6.08. The Hall–Kier alpha value is -0.360. The minimum Gasteiger partial charge on any atom is -0.329 e. The molecule has 404 valence electrons. The van der Waals surface area contributed by atoms with E-state index in [4.69, 9.17) is 42.6 Å². The molecule has 67 heavy (non-hydrogen) atoms. The summed E-state index contributed by atoms with van der Waals surface area (Å²) >= 11 is 0. The highest BCUT2D eigenvalue weighted by Gasteiger charge is 2.38. The maximum absolute atomic E-state index is 6.92. The van der Waals surface area contributed by atoms with Crippen LogP contribution in [-0.2, 0) is 42.6 Å². The molecule has 0 aliphatic carbocycles. The van der Waals surface area contributed by atoms with Crippen LogP contribution in [0.3, 0.4) is 0 Å². The van der Waals surface area contributed by atoms with Gasteiger partial charge in [-0.1, -0.05) is 235 Å². The lowest BCUT2D eigenvalue weighted by atomic mass is 10.1. The predicted octanol–water partition coefficient (Wildman–Crippen LogP) is 18.8. The fraction of sp³-hybridized carbons (Fsp3) is 1.00. The molecule has 0 aromatic rings. The molecule has 0 aromatic heterocycles. The second-order valence-electron chi connectivity index (χ2n) is 19.6. The van der Waals surface area contributed by atoms with E-state index in [2.05, 4.69) is 55.4 Å². The third-order valence-corrected chi connectivity index (χ3v) is 12.8. The average Bonchev–Trinajstić information content (AvgIpc) is 3.33. The maximum atomic E-state index is 6.92. The molecule has 0 radical (unpaired) electrons. The van der Waals surface area contributed by atoms with Crippen LogP contribution in [0.5, 0.6) is 0 Å². The average molecular weight is 960 g/mol. The highest BCUT2D eigenvalue weighted by molar-refractivity contribution is 4.65. The maximum Gasteiger partial charge on any atom is 0.285 e. The summed E-state index contributed by atoms with van der Waals surface area (Å²) in [6.45, 7) is 20.5. The number of hydrogen-bond donors (Lipinski definition) is 0. The molecule has 0 N–H and O–H groups in total. The third kappa shape index (κ3) is 41.9. The zero-order valence-corrected chi connectivity index (χ0v) is 46.4. The highest BCUT2D eigenvalue weighted by Crippen LogP contribution is 2.31. The van der Waals surface area contributed by atoms with Crippen molar-refractivity contribution in [2.24, 2.45) is 0 Å². The van der Waals surface area contributed by atoms with Crippen LogP contribution in [0.2, 0.25) is 0 Å². The zero-order chi connectivity index (χ0) is 49.0. The second-order valence-corrected chi connectivity index (χ2v) is 19.6. The second kappa shape index (κ2) is 52.0. The van der Waals surface area contributed by atoms with E-state index in [1.807, 2.05) is 0 Å². The fourth-order valence-corrected chi connectivity index (χ4v) is 8.38. The molecule has 0 amide bonds. The van der Waals surface area contributed by atoms with Gasteiger partial charge in [0.15, 0.2) is 26.2 Å². The van der Waals surface area contributed by atoms with E-state index in [1.165, 1.54) is 128 Å². The molecule has 0 fully saturated rings. The number of hydrogen-bond acceptors (Lipinski definition) is 9. The molecule has 0 rings (SSSR count). The van der Waals surface area contributed by atoms with Crippen LogP contribution in [-0.4, -0.2) is 64.5 Å². The molecule has 0 aromatic carbocycles. The third-order valence-electron chi connectivity index (χ3n) is 12.8. The lowest BCUT2D eigenvalue weighted by Crippen LogP contribution is -2.44. The van der Waals surface area contributed by atoms with Gasteiger partial charge in [0.25, 0.3) is 11.9 Å². The lowest BCUT2D eigenvalue weighted by molar-refractivity contribution is -0.432. The van der Waals surface area contributed by atoms with Gasteiger partial charge in [-0.15, -0.1) is 0 Å². The summed E-state index contributed by atoms with van der Waals surface area (Å²) < 4.78 is 59.8. The van der Waals surface area contributed by atoms with Crippen LogP contribution >= 0.6 is 0 Å². The van der Waals surface area contributed by atoms with Gasteiger partial charge < -0.3 is 33.2 Å². The van der Waals surface area contributed by atoms with Gasteiger partial charge in [-0.3, -0.25) is 9.47 Å². The highest BCUT2D eigenvalue weighted by atomic mass is 16.9. The molecule has 2 unspecified atom stereocenters. The van der Waals surface area contributed by atoms with E-state index in [-0.39, 0.29) is 13.6 Å². The van der Waals surface area contributed by atoms with E-state index in [0.29, 0.717) is 39.3 Å². The summed E-state index contributed by atoms with van der Waals surface area (Å²) in [6.07, 6.45) is 43.6. The molecule has 0 spiro atoms. The Morgan fingerprint density at radius 3 is 0.776 bits per heavy atom. The van der Waals surface area contributed by atoms with Crippen molar-refractivity contribution in [3.05, 3.63) is 0 Å². The molecule has 0 heterocycles. The molecule has 9 heteroatoms. The van der Waals surface area contributed by atoms with Crippen LogP contribution in [0.15, 0.2) is 0 Å². The van der Waals surface area contributed by atoms with Gasteiger partial charge in [-0.2, -0.15) is 0 Å². The van der Waals surface area contributed by atoms with Gasteiger partial charge >= 0.3 is 0 Å². The SMILES string of the molecule is CCCCCCCCOC(CCCCCC)(OCCCCCCCC)OC(CCCC)OCOCOC(CCCC)OC(CCCCCC)(OCCCCCCCC)OCCCCCCCC. The topological polar surface area (TPSA) is 83.1 Å². The van der Waals surface area contributed by atoms with E-state index < -0.39 is 24.5 Å². The molecule has 0 saturated heterocycles. The van der Waals surface area contributed by atoms with Gasteiger partial charge in [0.2, 0.25) is 0 Å². The molecule has 0 aliphatic rings. The summed E-state index contributed by atoms with van der Waals surface area (Å²) in [5.74, 6) is -2.28. The van der Waals surface area contributed by atoms with Crippen molar-refractivity contribution in [2.75, 3.05) is 40.0 Å². The number of unbranched alkanes of at least 4 members (excludes halogenated alkanes) is 28. The van der Waals surface area contributed by atoms with Crippen molar-refractivity contribution < 1.29 is 42.6 Å². The smallest absolute Gasteiger partial charge is 0.285 e. The molecule has 2 atom stereocenters. The molecule has 0 saturated carbocycles. The molecular formula is C58H118O9. The van der Waals surface area contributed by atoms with E-state index in [0.717, 1.165) is 116 Å². The van der Waals surface area contributed by atoms with E-state index in [9.17, 15) is 0 Å². The first-order chi connectivity index (χ1) is 32.9. The van der Waals surface area contributed by atoms with Gasteiger partial charge in [0.1, 0.15) is 0 Å². The minimum absolute atomic E-state index is 0.0286. The summed E-state index contributed by atoms with van der Waals surface area (Å²) in [5.41, 5.74) is 0. The number of rotatable bonds is 58. The zero-order valence-electron chi connectivity index (χ0n) is 46.4. The largest absolute Gasteiger partial charge is 0.329 e. The van der Waals surface area contributed by atoms with Crippen LogP contribution in [0, 0.1) is 0 Å². The first-order valence-electron chi connectivity index (χ1n) is 29.7. The summed E-state index contributed by atoms with van der Waals surface area (Å²) in [4.78, 5) is 0. The van der Waals surface area contributed by atoms with Crippen molar-refractivity contribution in [2.45, 2.75) is 337 Å². The van der Waals surface area contributed by atoms with Crippen LogP contribution in [0.1, 0.15) is 312 Å². The van der Waals surface area contributed by atoms with Crippen LogP contribution in [0.25, 0.3) is 0 Å². The fourth-order valence-electron chi connectivity index (χ4n) is 8.38. The van der Waals surface area contributed by atoms with Crippen molar-refractivity contribution in [1.29, 1.82) is 0 Å². The summed E-state index contributed by atoms with van der Waals surface area (Å²) in [7, 11) is 0.